The topological polar surface area (TPSA) is 99.4 Å². The Hall–Kier alpha value is -1.71. The van der Waals surface area contributed by atoms with Gasteiger partial charge in [-0.1, -0.05) is 19.1 Å². The zero-order valence-electron chi connectivity index (χ0n) is 16.9. The van der Waals surface area contributed by atoms with Crippen LogP contribution >= 0.6 is 24.8 Å². The zero-order chi connectivity index (χ0) is 19.5. The summed E-state index contributed by atoms with van der Waals surface area (Å²) in [5, 5.41) is 7.04. The summed E-state index contributed by atoms with van der Waals surface area (Å²) < 4.78 is 5.71. The van der Waals surface area contributed by atoms with E-state index in [1.54, 1.807) is 6.07 Å². The first-order chi connectivity index (χ1) is 13.6. The number of carbonyl (C=O) groups is 1. The molecule has 3 heterocycles. The van der Waals surface area contributed by atoms with Gasteiger partial charge in [0.1, 0.15) is 11.9 Å². The molecule has 2 aliphatic heterocycles. The number of nitrogens with one attached hydrogen (secondary N) is 3. The van der Waals surface area contributed by atoms with E-state index in [4.69, 9.17) is 4.74 Å². The van der Waals surface area contributed by atoms with Gasteiger partial charge in [-0.05, 0) is 31.0 Å². The molecule has 0 bridgehead atoms. The Balaban J connectivity index is 0.00000160. The normalized spacial score (nSPS) is 24.5. The van der Waals surface area contributed by atoms with Crippen molar-refractivity contribution in [3.8, 4) is 0 Å². The summed E-state index contributed by atoms with van der Waals surface area (Å²) in [4.78, 5) is 34.4. The number of halogens is 2. The number of H-pyrrole nitrogens is 1. The fraction of sp³-hybridized carbons (Fsp3) is 0.550. The Morgan fingerprint density at radius 2 is 2.13 bits per heavy atom. The maximum atomic E-state index is 12.7. The van der Waals surface area contributed by atoms with E-state index in [0.29, 0.717) is 48.9 Å². The Labute approximate surface area is 188 Å². The molecular formula is C20H29Cl2N5O3. The van der Waals surface area contributed by atoms with Crippen LogP contribution in [0.5, 0.6) is 0 Å². The molecule has 1 aromatic carbocycles. The summed E-state index contributed by atoms with van der Waals surface area (Å²) in [6.45, 7) is 6.10. The summed E-state index contributed by atoms with van der Waals surface area (Å²) in [7, 11) is 0. The molecule has 3 unspecified atom stereocenters. The van der Waals surface area contributed by atoms with Crippen LogP contribution in [0, 0.1) is 5.92 Å². The number of hydrogen-bond donors (Lipinski definition) is 3. The van der Waals surface area contributed by atoms with Crippen molar-refractivity contribution in [2.45, 2.75) is 32.0 Å². The fourth-order valence-electron chi connectivity index (χ4n) is 3.88. The lowest BCUT2D eigenvalue weighted by atomic mass is 9.94. The Morgan fingerprint density at radius 1 is 1.33 bits per heavy atom. The number of hydrogen-bond acceptors (Lipinski definition) is 6. The van der Waals surface area contributed by atoms with Crippen LogP contribution in [0.2, 0.25) is 0 Å². The van der Waals surface area contributed by atoms with Crippen molar-refractivity contribution < 1.29 is 9.53 Å². The van der Waals surface area contributed by atoms with E-state index >= 15 is 0 Å². The molecule has 1 amide bonds. The molecule has 3 atom stereocenters. The number of ether oxygens (including phenoxy) is 1. The van der Waals surface area contributed by atoms with Crippen molar-refractivity contribution in [3.63, 3.8) is 0 Å². The lowest BCUT2D eigenvalue weighted by molar-refractivity contribution is -0.140. The highest BCUT2D eigenvalue weighted by Gasteiger charge is 2.30. The van der Waals surface area contributed by atoms with Gasteiger partial charge in [-0.2, -0.15) is 0 Å². The number of aromatic nitrogens is 2. The highest BCUT2D eigenvalue weighted by molar-refractivity contribution is 5.85. The highest BCUT2D eigenvalue weighted by atomic mass is 35.5. The van der Waals surface area contributed by atoms with E-state index in [1.165, 1.54) is 0 Å². The summed E-state index contributed by atoms with van der Waals surface area (Å²) in [6, 6.07) is 7.44. The number of rotatable bonds is 4. The molecule has 2 saturated heterocycles. The number of nitrogens with zero attached hydrogens (tertiary/aromatic N) is 2. The lowest BCUT2D eigenvalue weighted by Crippen LogP contribution is -2.56. The third-order valence-electron chi connectivity index (χ3n) is 5.63. The summed E-state index contributed by atoms with van der Waals surface area (Å²) in [6.07, 6.45) is 0.555. The number of carbonyl (C=O) groups excluding carboxylic acids is 1. The molecule has 10 heteroatoms. The maximum absolute atomic E-state index is 12.7. The minimum absolute atomic E-state index is 0. The molecule has 166 valence electrons. The van der Waals surface area contributed by atoms with Gasteiger partial charge in [-0.15, -0.1) is 24.8 Å². The number of aromatic amines is 1. The van der Waals surface area contributed by atoms with Crippen molar-refractivity contribution in [2.24, 2.45) is 5.92 Å². The standard InChI is InChI=1S/C20H27N5O3.2ClH/c1-13-6-7-21-10-16(13)23-20(27)17-11-25(8-9-28-17)12-18-22-15-5-3-2-4-14(15)19(26)24-18;;/h2-5,13,16-17,21H,6-12H2,1H3,(H,23,27)(H,22,24,26);2*1H. The molecular weight excluding hydrogens is 429 g/mol. The number of morpholine rings is 1. The molecule has 0 aliphatic carbocycles. The number of benzene rings is 1. The van der Waals surface area contributed by atoms with Crippen LogP contribution in [0.4, 0.5) is 0 Å². The third-order valence-corrected chi connectivity index (χ3v) is 5.63. The van der Waals surface area contributed by atoms with Crippen molar-refractivity contribution in [3.05, 3.63) is 40.4 Å². The van der Waals surface area contributed by atoms with Gasteiger partial charge in [0.05, 0.1) is 24.1 Å². The molecule has 2 fully saturated rings. The number of fused-ring (bicyclic) bond motifs is 1. The minimum Gasteiger partial charge on any atom is -0.366 e. The van der Waals surface area contributed by atoms with Crippen molar-refractivity contribution in [2.75, 3.05) is 32.8 Å². The molecule has 0 saturated carbocycles. The van der Waals surface area contributed by atoms with Crippen molar-refractivity contribution in [1.82, 2.24) is 25.5 Å². The lowest BCUT2D eigenvalue weighted by Gasteiger charge is -2.35. The van der Waals surface area contributed by atoms with E-state index in [9.17, 15) is 9.59 Å². The molecule has 2 aliphatic rings. The number of para-hydroxylation sites is 1. The van der Waals surface area contributed by atoms with Gasteiger partial charge in [0, 0.05) is 25.7 Å². The van der Waals surface area contributed by atoms with Crippen molar-refractivity contribution >= 4 is 41.6 Å². The van der Waals surface area contributed by atoms with Crippen LogP contribution in [0.25, 0.3) is 10.9 Å². The smallest absolute Gasteiger partial charge is 0.258 e. The second-order valence-corrected chi connectivity index (χ2v) is 7.71. The first-order valence-electron chi connectivity index (χ1n) is 9.93. The van der Waals surface area contributed by atoms with Crippen LogP contribution in [0.3, 0.4) is 0 Å². The Kier molecular flexibility index (Phi) is 9.06. The number of piperidine rings is 1. The van der Waals surface area contributed by atoms with Gasteiger partial charge in [0.25, 0.3) is 11.5 Å². The minimum atomic E-state index is -0.505. The SMILES string of the molecule is CC1CCNCC1NC(=O)C1CN(Cc2nc3ccccc3c(=O)[nH]2)CCO1.Cl.Cl. The molecule has 3 N–H and O–H groups in total. The first-order valence-corrected chi connectivity index (χ1v) is 9.93. The number of amides is 1. The zero-order valence-corrected chi connectivity index (χ0v) is 18.6. The van der Waals surface area contributed by atoms with Gasteiger partial charge in [-0.25, -0.2) is 4.98 Å². The average Bonchev–Trinajstić information content (AvgIpc) is 2.70. The van der Waals surface area contributed by atoms with E-state index in [1.807, 2.05) is 18.2 Å². The van der Waals surface area contributed by atoms with Crippen LogP contribution in [-0.4, -0.2) is 65.7 Å². The predicted octanol–water partition coefficient (Wildman–Crippen LogP) is 1.08. The van der Waals surface area contributed by atoms with E-state index in [2.05, 4.69) is 32.4 Å². The molecule has 1 aromatic heterocycles. The quantitative estimate of drug-likeness (QED) is 0.635. The van der Waals surface area contributed by atoms with E-state index < -0.39 is 6.10 Å². The molecule has 0 spiro atoms. The van der Waals surface area contributed by atoms with Gasteiger partial charge < -0.3 is 20.4 Å². The third kappa shape index (κ3) is 5.70. The van der Waals surface area contributed by atoms with Crippen LogP contribution in [0.15, 0.2) is 29.1 Å². The maximum Gasteiger partial charge on any atom is 0.258 e. The van der Waals surface area contributed by atoms with Crippen molar-refractivity contribution in [1.29, 1.82) is 0 Å². The fourth-order valence-corrected chi connectivity index (χ4v) is 3.88. The molecule has 4 rings (SSSR count). The van der Waals surface area contributed by atoms with Crippen LogP contribution in [0.1, 0.15) is 19.2 Å². The Bertz CT molecular complexity index is 909. The van der Waals surface area contributed by atoms with Gasteiger partial charge >= 0.3 is 0 Å². The molecule has 0 radical (unpaired) electrons. The van der Waals surface area contributed by atoms with Crippen LogP contribution in [-0.2, 0) is 16.1 Å². The predicted molar refractivity (Wildman–Crippen MR) is 120 cm³/mol. The summed E-state index contributed by atoms with van der Waals surface area (Å²) >= 11 is 0. The summed E-state index contributed by atoms with van der Waals surface area (Å²) in [5.74, 6) is 0.997. The van der Waals surface area contributed by atoms with Gasteiger partial charge in [-0.3, -0.25) is 14.5 Å². The second kappa shape index (κ2) is 11.1. The second-order valence-electron chi connectivity index (χ2n) is 7.71. The van der Waals surface area contributed by atoms with Crippen LogP contribution < -0.4 is 16.2 Å². The molecule has 30 heavy (non-hydrogen) atoms. The Morgan fingerprint density at radius 3 is 2.93 bits per heavy atom. The highest BCUT2D eigenvalue weighted by Crippen LogP contribution is 2.14. The molecule has 8 nitrogen and oxygen atoms in total. The largest absolute Gasteiger partial charge is 0.366 e. The summed E-state index contributed by atoms with van der Waals surface area (Å²) in [5.41, 5.74) is 0.546. The van der Waals surface area contributed by atoms with E-state index in [0.717, 1.165) is 19.5 Å². The van der Waals surface area contributed by atoms with Gasteiger partial charge in [0.15, 0.2) is 0 Å². The van der Waals surface area contributed by atoms with Gasteiger partial charge in [0.2, 0.25) is 0 Å². The first kappa shape index (κ1) is 24.6. The molecule has 2 aromatic rings. The van der Waals surface area contributed by atoms with E-state index in [-0.39, 0.29) is 42.3 Å². The monoisotopic (exact) mass is 457 g/mol. The average molecular weight is 458 g/mol.